The first kappa shape index (κ1) is 22.9. The molecule has 0 bridgehead atoms. The smallest absolute Gasteiger partial charge is 0.258 e. The second-order valence-electron chi connectivity index (χ2n) is 8.03. The van der Waals surface area contributed by atoms with Crippen LogP contribution < -0.4 is 5.32 Å². The van der Waals surface area contributed by atoms with Crippen LogP contribution in [0.3, 0.4) is 0 Å². The number of halogens is 1. The van der Waals surface area contributed by atoms with Crippen LogP contribution in [0.4, 0.5) is 5.69 Å². The van der Waals surface area contributed by atoms with Crippen molar-refractivity contribution >= 4 is 38.9 Å². The number of hydrogen-bond donors (Lipinski definition) is 1. The van der Waals surface area contributed by atoms with Crippen LogP contribution in [-0.2, 0) is 14.6 Å². The second kappa shape index (κ2) is 8.95. The Bertz CT molecular complexity index is 1320. The third-order valence-corrected chi connectivity index (χ3v) is 6.85. The highest BCUT2D eigenvalue weighted by molar-refractivity contribution is 7.90. The van der Waals surface area contributed by atoms with E-state index in [4.69, 9.17) is 11.6 Å². The number of hydrogen-bond acceptors (Lipinski definition) is 6. The van der Waals surface area contributed by atoms with E-state index in [0.717, 1.165) is 24.8 Å². The first-order valence-electron chi connectivity index (χ1n) is 10.2. The number of benzene rings is 1. The van der Waals surface area contributed by atoms with Crippen molar-refractivity contribution in [3.8, 4) is 5.82 Å². The molecule has 0 aliphatic carbocycles. The van der Waals surface area contributed by atoms with E-state index in [1.54, 1.807) is 17.2 Å². The third kappa shape index (κ3) is 5.23. The van der Waals surface area contributed by atoms with Crippen LogP contribution in [0.25, 0.3) is 5.82 Å². The van der Waals surface area contributed by atoms with Crippen LogP contribution in [0.15, 0.2) is 53.8 Å². The Morgan fingerprint density at radius 2 is 2.00 bits per heavy atom. The molecule has 0 spiro atoms. The van der Waals surface area contributed by atoms with Gasteiger partial charge in [0.25, 0.3) is 5.91 Å². The number of aromatic nitrogens is 3. The van der Waals surface area contributed by atoms with Gasteiger partial charge in [0.2, 0.25) is 5.91 Å². The Kier molecular flexibility index (Phi) is 6.22. The maximum atomic E-state index is 12.6. The predicted molar refractivity (Wildman–Crippen MR) is 123 cm³/mol. The van der Waals surface area contributed by atoms with Crippen molar-refractivity contribution in [3.05, 3.63) is 65.1 Å². The van der Waals surface area contributed by atoms with Gasteiger partial charge >= 0.3 is 0 Å². The SMILES string of the molecule is CN1CCC(c2ccc(-n3cc(C(=O)Nc4cc(Cl)cc(S(C)(=O)=O)c4)cn3)nc2)CC1=O. The van der Waals surface area contributed by atoms with E-state index in [1.807, 2.05) is 13.1 Å². The quantitative estimate of drug-likeness (QED) is 0.591. The molecule has 1 N–H and O–H groups in total. The molecule has 9 nitrogen and oxygen atoms in total. The second-order valence-corrected chi connectivity index (χ2v) is 10.5. The lowest BCUT2D eigenvalue weighted by Crippen LogP contribution is -2.34. The molecule has 1 aliphatic heterocycles. The molecular formula is C22H22ClN5O4S. The minimum absolute atomic E-state index is 0.0107. The summed E-state index contributed by atoms with van der Waals surface area (Å²) in [5.74, 6) is 0.328. The van der Waals surface area contributed by atoms with Crippen LogP contribution in [0, 0.1) is 0 Å². The van der Waals surface area contributed by atoms with Gasteiger partial charge in [-0.15, -0.1) is 0 Å². The van der Waals surface area contributed by atoms with E-state index < -0.39 is 15.7 Å². The fourth-order valence-corrected chi connectivity index (χ4v) is 4.60. The number of likely N-dealkylation sites (tertiary alicyclic amines) is 1. The first-order valence-corrected chi connectivity index (χ1v) is 12.4. The Hall–Kier alpha value is -3.24. The van der Waals surface area contributed by atoms with Gasteiger partial charge < -0.3 is 10.2 Å². The first-order chi connectivity index (χ1) is 15.6. The molecule has 3 aromatic rings. The highest BCUT2D eigenvalue weighted by atomic mass is 35.5. The summed E-state index contributed by atoms with van der Waals surface area (Å²) in [5.41, 5.74) is 1.52. The van der Waals surface area contributed by atoms with Crippen molar-refractivity contribution in [2.75, 3.05) is 25.2 Å². The normalized spacial score (nSPS) is 16.6. The average Bonchev–Trinajstić information content (AvgIpc) is 3.25. The van der Waals surface area contributed by atoms with E-state index in [2.05, 4.69) is 15.4 Å². The number of carbonyl (C=O) groups is 2. The van der Waals surface area contributed by atoms with Crippen molar-refractivity contribution in [3.63, 3.8) is 0 Å². The molecule has 0 saturated carbocycles. The topological polar surface area (TPSA) is 114 Å². The molecule has 2 aromatic heterocycles. The fourth-order valence-electron chi connectivity index (χ4n) is 3.62. The summed E-state index contributed by atoms with van der Waals surface area (Å²) in [6.45, 7) is 0.723. The maximum Gasteiger partial charge on any atom is 0.258 e. The van der Waals surface area contributed by atoms with Gasteiger partial charge in [-0.1, -0.05) is 17.7 Å². The van der Waals surface area contributed by atoms with Gasteiger partial charge in [0.05, 0.1) is 16.7 Å². The predicted octanol–water partition coefficient (Wildman–Crippen LogP) is 2.91. The fraction of sp³-hybridized carbons (Fsp3) is 0.273. The molecule has 1 aromatic carbocycles. The van der Waals surface area contributed by atoms with E-state index in [1.165, 1.54) is 35.3 Å². The van der Waals surface area contributed by atoms with Crippen molar-refractivity contribution < 1.29 is 18.0 Å². The van der Waals surface area contributed by atoms with Gasteiger partial charge in [0.1, 0.15) is 0 Å². The Balaban J connectivity index is 1.47. The van der Waals surface area contributed by atoms with Crippen LogP contribution in [0.5, 0.6) is 0 Å². The van der Waals surface area contributed by atoms with Gasteiger partial charge in [0.15, 0.2) is 15.7 Å². The number of sulfone groups is 1. The minimum atomic E-state index is -3.48. The molecule has 4 rings (SSSR count). The van der Waals surface area contributed by atoms with Gasteiger partial charge in [0, 0.05) is 49.4 Å². The van der Waals surface area contributed by atoms with Crippen LogP contribution in [0.1, 0.15) is 34.7 Å². The van der Waals surface area contributed by atoms with E-state index in [9.17, 15) is 18.0 Å². The number of pyridine rings is 1. The molecule has 0 radical (unpaired) electrons. The summed E-state index contributed by atoms with van der Waals surface area (Å²) in [7, 11) is -1.67. The van der Waals surface area contributed by atoms with Gasteiger partial charge in [-0.2, -0.15) is 5.10 Å². The summed E-state index contributed by atoms with van der Waals surface area (Å²) in [4.78, 5) is 30.8. The molecule has 1 fully saturated rings. The zero-order chi connectivity index (χ0) is 23.8. The summed E-state index contributed by atoms with van der Waals surface area (Å²) >= 11 is 5.99. The lowest BCUT2D eigenvalue weighted by atomic mass is 9.90. The molecule has 1 unspecified atom stereocenters. The molecule has 1 saturated heterocycles. The van der Waals surface area contributed by atoms with E-state index in [0.29, 0.717) is 12.2 Å². The average molecular weight is 488 g/mol. The van der Waals surface area contributed by atoms with Crippen LogP contribution in [-0.4, -0.2) is 59.7 Å². The summed E-state index contributed by atoms with van der Waals surface area (Å²) < 4.78 is 25.1. The lowest BCUT2D eigenvalue weighted by Gasteiger charge is -2.28. The molecular weight excluding hydrogens is 466 g/mol. The molecule has 2 amide bonds. The number of carbonyl (C=O) groups excluding carboxylic acids is 2. The molecule has 3 heterocycles. The van der Waals surface area contributed by atoms with Crippen molar-refractivity contribution in [1.82, 2.24) is 19.7 Å². The monoisotopic (exact) mass is 487 g/mol. The number of amides is 2. The van der Waals surface area contributed by atoms with Crippen LogP contribution >= 0.6 is 11.6 Å². The molecule has 172 valence electrons. The zero-order valence-electron chi connectivity index (χ0n) is 18.0. The largest absolute Gasteiger partial charge is 0.346 e. The molecule has 1 aliphatic rings. The van der Waals surface area contributed by atoms with Crippen molar-refractivity contribution in [1.29, 1.82) is 0 Å². The van der Waals surface area contributed by atoms with Crippen molar-refractivity contribution in [2.24, 2.45) is 0 Å². The van der Waals surface area contributed by atoms with Crippen molar-refractivity contribution in [2.45, 2.75) is 23.7 Å². The highest BCUT2D eigenvalue weighted by Crippen LogP contribution is 2.28. The van der Waals surface area contributed by atoms with Gasteiger partial charge in [-0.25, -0.2) is 18.1 Å². The minimum Gasteiger partial charge on any atom is -0.346 e. The number of rotatable bonds is 5. The Morgan fingerprint density at radius 3 is 2.67 bits per heavy atom. The zero-order valence-corrected chi connectivity index (χ0v) is 19.6. The Morgan fingerprint density at radius 1 is 1.21 bits per heavy atom. The number of anilines is 1. The molecule has 33 heavy (non-hydrogen) atoms. The number of nitrogens with zero attached hydrogens (tertiary/aromatic N) is 4. The highest BCUT2D eigenvalue weighted by Gasteiger charge is 2.24. The standard InChI is InChI=1S/C22H22ClN5O4S/c1-27-6-5-14(7-21(27)29)15-3-4-20(24-11-15)28-13-16(12-25-28)22(30)26-18-8-17(23)9-19(10-18)33(2,31)32/h3-4,8-14H,5-7H2,1-2H3,(H,26,30). The Labute approximate surface area is 196 Å². The number of nitrogens with one attached hydrogen (secondary N) is 1. The maximum absolute atomic E-state index is 12.6. The third-order valence-electron chi connectivity index (χ3n) is 5.54. The van der Waals surface area contributed by atoms with Gasteiger partial charge in [-0.3, -0.25) is 9.59 Å². The molecule has 1 atom stereocenters. The lowest BCUT2D eigenvalue weighted by molar-refractivity contribution is -0.132. The number of piperidine rings is 1. The van der Waals surface area contributed by atoms with E-state index in [-0.39, 0.29) is 33.0 Å². The summed E-state index contributed by atoms with van der Waals surface area (Å²) in [6.07, 6.45) is 7.07. The summed E-state index contributed by atoms with van der Waals surface area (Å²) in [5, 5.41) is 7.03. The van der Waals surface area contributed by atoms with Gasteiger partial charge in [-0.05, 0) is 42.2 Å². The van der Waals surface area contributed by atoms with Crippen LogP contribution in [0.2, 0.25) is 5.02 Å². The van der Waals surface area contributed by atoms with E-state index >= 15 is 0 Å². The summed E-state index contributed by atoms with van der Waals surface area (Å²) in [6, 6.07) is 7.85. The molecule has 11 heteroatoms.